The fourth-order valence-electron chi connectivity index (χ4n) is 1.38. The standard InChI is InChI=1S/C11H14FNO2/c1-13-10(7-11(14)15-2)8-5-3-4-6-9(8)12/h3-6,10,13H,7H2,1-2H3. The Balaban J connectivity index is 2.83. The first-order valence-electron chi connectivity index (χ1n) is 4.67. The van der Waals surface area contributed by atoms with E-state index in [2.05, 4.69) is 10.1 Å². The van der Waals surface area contributed by atoms with Gasteiger partial charge in [-0.3, -0.25) is 4.79 Å². The average Bonchev–Trinajstić information content (AvgIpc) is 2.26. The van der Waals surface area contributed by atoms with Crippen LogP contribution in [0.25, 0.3) is 0 Å². The van der Waals surface area contributed by atoms with Crippen LogP contribution >= 0.6 is 0 Å². The molecule has 3 nitrogen and oxygen atoms in total. The van der Waals surface area contributed by atoms with E-state index in [0.29, 0.717) is 5.56 Å². The number of esters is 1. The van der Waals surface area contributed by atoms with Gasteiger partial charge in [-0.05, 0) is 13.1 Å². The van der Waals surface area contributed by atoms with Gasteiger partial charge >= 0.3 is 5.97 Å². The second-order valence-electron chi connectivity index (χ2n) is 3.14. The van der Waals surface area contributed by atoms with Crippen molar-refractivity contribution in [2.75, 3.05) is 14.2 Å². The monoisotopic (exact) mass is 211 g/mol. The van der Waals surface area contributed by atoms with Crippen molar-refractivity contribution >= 4 is 5.97 Å². The molecule has 0 amide bonds. The highest BCUT2D eigenvalue weighted by Gasteiger charge is 2.17. The molecule has 0 heterocycles. The summed E-state index contributed by atoms with van der Waals surface area (Å²) in [7, 11) is 3.00. The van der Waals surface area contributed by atoms with Crippen molar-refractivity contribution in [2.45, 2.75) is 12.5 Å². The molecule has 82 valence electrons. The van der Waals surface area contributed by atoms with Crippen LogP contribution in [0.3, 0.4) is 0 Å². The molecule has 0 aromatic heterocycles. The molecule has 1 atom stereocenters. The van der Waals surface area contributed by atoms with Crippen LogP contribution in [0.15, 0.2) is 24.3 Å². The quantitative estimate of drug-likeness (QED) is 0.769. The van der Waals surface area contributed by atoms with Gasteiger partial charge in [0.05, 0.1) is 13.5 Å². The van der Waals surface area contributed by atoms with Gasteiger partial charge in [0.15, 0.2) is 0 Å². The van der Waals surface area contributed by atoms with E-state index in [9.17, 15) is 9.18 Å². The summed E-state index contributed by atoms with van der Waals surface area (Å²) in [4.78, 5) is 11.1. The normalized spacial score (nSPS) is 12.2. The fourth-order valence-corrected chi connectivity index (χ4v) is 1.38. The summed E-state index contributed by atoms with van der Waals surface area (Å²) in [6.07, 6.45) is 0.119. The third-order valence-electron chi connectivity index (χ3n) is 2.23. The summed E-state index contributed by atoms with van der Waals surface area (Å²) in [6, 6.07) is 6.03. The number of rotatable bonds is 4. The van der Waals surface area contributed by atoms with Crippen molar-refractivity contribution in [1.29, 1.82) is 0 Å². The van der Waals surface area contributed by atoms with Crippen molar-refractivity contribution in [1.82, 2.24) is 5.32 Å². The summed E-state index contributed by atoms with van der Waals surface area (Å²) >= 11 is 0. The molecule has 0 saturated carbocycles. The Bertz CT molecular complexity index is 341. The maximum Gasteiger partial charge on any atom is 0.307 e. The van der Waals surface area contributed by atoms with Crippen LogP contribution in [0, 0.1) is 5.82 Å². The van der Waals surface area contributed by atoms with Crippen LogP contribution in [-0.2, 0) is 9.53 Å². The van der Waals surface area contributed by atoms with Gasteiger partial charge < -0.3 is 10.1 Å². The Kier molecular flexibility index (Phi) is 4.24. The van der Waals surface area contributed by atoms with E-state index in [1.807, 2.05) is 0 Å². The highest BCUT2D eigenvalue weighted by molar-refractivity contribution is 5.70. The molecule has 1 aromatic carbocycles. The van der Waals surface area contributed by atoms with Gasteiger partial charge in [0.2, 0.25) is 0 Å². The first-order chi connectivity index (χ1) is 7.19. The number of nitrogens with one attached hydrogen (secondary N) is 1. The number of halogens is 1. The zero-order valence-electron chi connectivity index (χ0n) is 8.79. The first-order valence-corrected chi connectivity index (χ1v) is 4.67. The second-order valence-corrected chi connectivity index (χ2v) is 3.14. The predicted molar refractivity (Wildman–Crippen MR) is 54.8 cm³/mol. The summed E-state index contributed by atoms with van der Waals surface area (Å²) in [5.41, 5.74) is 0.477. The lowest BCUT2D eigenvalue weighted by Crippen LogP contribution is -2.21. The van der Waals surface area contributed by atoms with Gasteiger partial charge in [0.25, 0.3) is 0 Å². The van der Waals surface area contributed by atoms with Crippen molar-refractivity contribution in [3.63, 3.8) is 0 Å². The molecule has 0 aliphatic carbocycles. The molecule has 1 rings (SSSR count). The molecule has 1 aromatic rings. The second kappa shape index (κ2) is 5.46. The van der Waals surface area contributed by atoms with Crippen molar-refractivity contribution in [2.24, 2.45) is 0 Å². The van der Waals surface area contributed by atoms with Crippen LogP contribution < -0.4 is 5.32 Å². The fraction of sp³-hybridized carbons (Fsp3) is 0.364. The Morgan fingerprint density at radius 1 is 1.53 bits per heavy atom. The number of methoxy groups -OCH3 is 1. The lowest BCUT2D eigenvalue weighted by Gasteiger charge is -2.15. The minimum atomic E-state index is -0.363. The summed E-state index contributed by atoms with van der Waals surface area (Å²) in [5.74, 6) is -0.682. The topological polar surface area (TPSA) is 38.3 Å². The third-order valence-corrected chi connectivity index (χ3v) is 2.23. The minimum Gasteiger partial charge on any atom is -0.469 e. The van der Waals surface area contributed by atoms with E-state index >= 15 is 0 Å². The number of carbonyl (C=O) groups excluding carboxylic acids is 1. The molecule has 0 saturated heterocycles. The van der Waals surface area contributed by atoms with E-state index < -0.39 is 0 Å². The molecule has 0 fully saturated rings. The molecular formula is C11H14FNO2. The SMILES string of the molecule is CNC(CC(=O)OC)c1ccccc1F. The molecule has 0 aliphatic heterocycles. The maximum absolute atomic E-state index is 13.4. The van der Waals surface area contributed by atoms with Crippen LogP contribution in [0.5, 0.6) is 0 Å². The van der Waals surface area contributed by atoms with Gasteiger partial charge in [0.1, 0.15) is 5.82 Å². The first kappa shape index (κ1) is 11.7. The van der Waals surface area contributed by atoms with Crippen LogP contribution in [0.4, 0.5) is 4.39 Å². The number of carbonyl (C=O) groups is 1. The molecular weight excluding hydrogens is 197 g/mol. The summed E-state index contributed by atoms with van der Waals surface area (Å²) in [6.45, 7) is 0. The van der Waals surface area contributed by atoms with E-state index in [1.54, 1.807) is 25.2 Å². The van der Waals surface area contributed by atoms with Gasteiger partial charge in [-0.15, -0.1) is 0 Å². The number of benzene rings is 1. The van der Waals surface area contributed by atoms with Gasteiger partial charge in [-0.1, -0.05) is 18.2 Å². The number of hydrogen-bond acceptors (Lipinski definition) is 3. The Morgan fingerprint density at radius 3 is 2.73 bits per heavy atom. The summed E-state index contributed by atoms with van der Waals surface area (Å²) < 4.78 is 17.9. The predicted octanol–water partition coefficient (Wildman–Crippen LogP) is 1.65. The van der Waals surface area contributed by atoms with E-state index in [1.165, 1.54) is 13.2 Å². The highest BCUT2D eigenvalue weighted by Crippen LogP contribution is 2.19. The Hall–Kier alpha value is -1.42. The lowest BCUT2D eigenvalue weighted by atomic mass is 10.0. The largest absolute Gasteiger partial charge is 0.469 e. The van der Waals surface area contributed by atoms with Crippen molar-refractivity contribution in [3.8, 4) is 0 Å². The van der Waals surface area contributed by atoms with Gasteiger partial charge in [-0.2, -0.15) is 0 Å². The lowest BCUT2D eigenvalue weighted by molar-refractivity contribution is -0.141. The Morgan fingerprint density at radius 2 is 2.20 bits per heavy atom. The minimum absolute atomic E-state index is 0.119. The van der Waals surface area contributed by atoms with Crippen LogP contribution in [0.2, 0.25) is 0 Å². The molecule has 4 heteroatoms. The van der Waals surface area contributed by atoms with Crippen molar-refractivity contribution in [3.05, 3.63) is 35.6 Å². The van der Waals surface area contributed by atoms with E-state index in [-0.39, 0.29) is 24.2 Å². The third kappa shape index (κ3) is 3.02. The Labute approximate surface area is 88.2 Å². The molecule has 15 heavy (non-hydrogen) atoms. The maximum atomic E-state index is 13.4. The molecule has 0 radical (unpaired) electrons. The highest BCUT2D eigenvalue weighted by atomic mass is 19.1. The van der Waals surface area contributed by atoms with E-state index in [4.69, 9.17) is 0 Å². The molecule has 1 N–H and O–H groups in total. The molecule has 0 aliphatic rings. The summed E-state index contributed by atoms with van der Waals surface area (Å²) in [5, 5.41) is 2.88. The number of hydrogen-bond donors (Lipinski definition) is 1. The molecule has 1 unspecified atom stereocenters. The van der Waals surface area contributed by atoms with Crippen molar-refractivity contribution < 1.29 is 13.9 Å². The smallest absolute Gasteiger partial charge is 0.307 e. The number of ether oxygens (including phenoxy) is 1. The zero-order valence-corrected chi connectivity index (χ0v) is 8.79. The average molecular weight is 211 g/mol. The molecule has 0 spiro atoms. The van der Waals surface area contributed by atoms with Crippen LogP contribution in [-0.4, -0.2) is 20.1 Å². The van der Waals surface area contributed by atoms with Gasteiger partial charge in [0, 0.05) is 11.6 Å². The molecule has 0 bridgehead atoms. The van der Waals surface area contributed by atoms with E-state index in [0.717, 1.165) is 0 Å². The van der Waals surface area contributed by atoms with Gasteiger partial charge in [-0.25, -0.2) is 4.39 Å². The van der Waals surface area contributed by atoms with Crippen LogP contribution in [0.1, 0.15) is 18.0 Å². The zero-order chi connectivity index (χ0) is 11.3.